The number of anilines is 2. The lowest BCUT2D eigenvalue weighted by Gasteiger charge is -2.36. The minimum atomic E-state index is -4.46. The van der Waals surface area contributed by atoms with Crippen LogP contribution in [0.25, 0.3) is 11.4 Å². The van der Waals surface area contributed by atoms with Crippen molar-refractivity contribution in [2.24, 2.45) is 0 Å². The first-order chi connectivity index (χ1) is 19.6. The molecule has 4 aromatic rings. The van der Waals surface area contributed by atoms with Crippen molar-refractivity contribution >= 4 is 17.5 Å². The number of alkyl halides is 3. The molecule has 1 N–H and O–H groups in total. The monoisotopic (exact) mass is 559 g/mol. The smallest absolute Gasteiger partial charge is 0.353 e. The zero-order valence-corrected chi connectivity index (χ0v) is 23.3. The molecule has 0 bridgehead atoms. The molecule has 5 rings (SSSR count). The number of nitrogens with one attached hydrogen (secondary N) is 1. The number of rotatable bonds is 5. The number of hydrogen-bond acceptors (Lipinski definition) is 4. The number of aromatic nitrogens is 2. The van der Waals surface area contributed by atoms with E-state index in [9.17, 15) is 18.0 Å². The lowest BCUT2D eigenvalue weighted by atomic mass is 10.0. The summed E-state index contributed by atoms with van der Waals surface area (Å²) >= 11 is 0. The molecule has 0 spiro atoms. The molecule has 6 nitrogen and oxygen atoms in total. The Labute approximate surface area is 237 Å². The Bertz CT molecular complexity index is 1550. The Morgan fingerprint density at radius 3 is 2.29 bits per heavy atom. The number of hydrogen-bond donors (Lipinski definition) is 1. The number of amides is 2. The minimum absolute atomic E-state index is 0.161. The molecular formula is C32H32F3N5O. The molecule has 0 atom stereocenters. The average molecular weight is 560 g/mol. The third kappa shape index (κ3) is 6.34. The van der Waals surface area contributed by atoms with E-state index in [2.05, 4.69) is 15.2 Å². The highest BCUT2D eigenvalue weighted by molar-refractivity contribution is 5.90. The fourth-order valence-electron chi connectivity index (χ4n) is 5.02. The third-order valence-electron chi connectivity index (χ3n) is 7.58. The summed E-state index contributed by atoms with van der Waals surface area (Å²) in [4.78, 5) is 26.4. The average Bonchev–Trinajstić information content (AvgIpc) is 2.96. The van der Waals surface area contributed by atoms with Crippen molar-refractivity contribution in [3.63, 3.8) is 0 Å². The quantitative estimate of drug-likeness (QED) is 0.285. The third-order valence-corrected chi connectivity index (χ3v) is 7.58. The Balaban J connectivity index is 1.42. The van der Waals surface area contributed by atoms with Gasteiger partial charge in [0.05, 0.1) is 5.56 Å². The number of urea groups is 1. The molecule has 3 aromatic carbocycles. The van der Waals surface area contributed by atoms with Gasteiger partial charge in [-0.2, -0.15) is 13.2 Å². The second kappa shape index (κ2) is 11.6. The van der Waals surface area contributed by atoms with Gasteiger partial charge in [0.1, 0.15) is 5.82 Å². The normalized spacial score (nSPS) is 13.8. The number of halogens is 3. The Morgan fingerprint density at radius 2 is 1.59 bits per heavy atom. The predicted molar refractivity (Wildman–Crippen MR) is 155 cm³/mol. The van der Waals surface area contributed by atoms with Crippen LogP contribution >= 0.6 is 0 Å². The van der Waals surface area contributed by atoms with Gasteiger partial charge in [-0.05, 0) is 55.7 Å². The van der Waals surface area contributed by atoms with Crippen molar-refractivity contribution in [3.05, 3.63) is 106 Å². The Hall–Kier alpha value is -4.40. The SMILES string of the molecule is Cc1cccc(NC(=O)N2CCN(c3nc(-c4cccc(C(F)(F)F)c4)nc(C)c3Cc3ccccc3)CC2)c1C. The summed E-state index contributed by atoms with van der Waals surface area (Å²) in [6.07, 6.45) is -3.88. The zero-order chi connectivity index (χ0) is 29.1. The molecule has 1 aliphatic heterocycles. The van der Waals surface area contributed by atoms with Crippen LogP contribution in [0, 0.1) is 20.8 Å². The maximum absolute atomic E-state index is 13.4. The number of benzene rings is 3. The number of carbonyl (C=O) groups is 1. The number of nitrogens with zero attached hydrogens (tertiary/aromatic N) is 4. The largest absolute Gasteiger partial charge is 0.416 e. The van der Waals surface area contributed by atoms with E-state index in [0.29, 0.717) is 49.7 Å². The molecule has 0 radical (unpaired) electrons. The molecule has 41 heavy (non-hydrogen) atoms. The molecule has 1 saturated heterocycles. The zero-order valence-electron chi connectivity index (χ0n) is 23.3. The molecule has 0 aliphatic carbocycles. The van der Waals surface area contributed by atoms with Crippen molar-refractivity contribution in [2.75, 3.05) is 36.4 Å². The Morgan fingerprint density at radius 1 is 0.878 bits per heavy atom. The standard InChI is InChI=1S/C32H32F3N5O/c1-21-9-7-14-28(22(21)2)37-31(41)40-17-15-39(16-18-40)30-27(19-24-10-5-4-6-11-24)23(3)36-29(38-30)25-12-8-13-26(20-25)32(33,34)35/h4-14,20H,15-19H2,1-3H3,(H,37,41). The molecule has 1 aliphatic rings. The van der Waals surface area contributed by atoms with Crippen molar-refractivity contribution in [1.82, 2.24) is 14.9 Å². The van der Waals surface area contributed by atoms with E-state index in [1.165, 1.54) is 6.07 Å². The van der Waals surface area contributed by atoms with E-state index in [1.54, 1.807) is 11.0 Å². The van der Waals surface area contributed by atoms with Gasteiger partial charge in [-0.15, -0.1) is 0 Å². The van der Waals surface area contributed by atoms with E-state index < -0.39 is 11.7 Å². The van der Waals surface area contributed by atoms with Crippen molar-refractivity contribution in [1.29, 1.82) is 0 Å². The van der Waals surface area contributed by atoms with Gasteiger partial charge in [0.2, 0.25) is 0 Å². The molecular weight excluding hydrogens is 527 g/mol. The van der Waals surface area contributed by atoms with E-state index in [0.717, 1.165) is 40.1 Å². The van der Waals surface area contributed by atoms with Crippen molar-refractivity contribution in [2.45, 2.75) is 33.4 Å². The first kappa shape index (κ1) is 28.1. The van der Waals surface area contributed by atoms with Gasteiger partial charge in [-0.3, -0.25) is 0 Å². The van der Waals surface area contributed by atoms with E-state index in [1.807, 2.05) is 69.3 Å². The first-order valence-corrected chi connectivity index (χ1v) is 13.6. The molecule has 2 amide bonds. The van der Waals surface area contributed by atoms with Crippen LogP contribution in [0.2, 0.25) is 0 Å². The summed E-state index contributed by atoms with van der Waals surface area (Å²) < 4.78 is 40.3. The number of piperazine rings is 1. The van der Waals surface area contributed by atoms with Gasteiger partial charge in [0.15, 0.2) is 5.82 Å². The van der Waals surface area contributed by atoms with Gasteiger partial charge in [0.25, 0.3) is 0 Å². The van der Waals surface area contributed by atoms with Crippen LogP contribution in [0.5, 0.6) is 0 Å². The molecule has 9 heteroatoms. The number of carbonyl (C=O) groups excluding carboxylic acids is 1. The summed E-state index contributed by atoms with van der Waals surface area (Å²) in [5, 5.41) is 3.03. The van der Waals surface area contributed by atoms with Crippen LogP contribution in [-0.2, 0) is 12.6 Å². The minimum Gasteiger partial charge on any atom is -0.353 e. The van der Waals surface area contributed by atoms with Crippen LogP contribution in [0.1, 0.15) is 33.5 Å². The maximum Gasteiger partial charge on any atom is 0.416 e. The van der Waals surface area contributed by atoms with Gasteiger partial charge in [-0.1, -0.05) is 54.6 Å². The maximum atomic E-state index is 13.4. The molecule has 212 valence electrons. The van der Waals surface area contributed by atoms with Crippen LogP contribution in [-0.4, -0.2) is 47.1 Å². The fourth-order valence-corrected chi connectivity index (χ4v) is 5.02. The van der Waals surface area contributed by atoms with Crippen molar-refractivity contribution in [3.8, 4) is 11.4 Å². The molecule has 2 heterocycles. The summed E-state index contributed by atoms with van der Waals surface area (Å²) in [6.45, 7) is 7.87. The first-order valence-electron chi connectivity index (χ1n) is 13.6. The highest BCUT2D eigenvalue weighted by atomic mass is 19.4. The van der Waals surface area contributed by atoms with Crippen LogP contribution < -0.4 is 10.2 Å². The summed E-state index contributed by atoms with van der Waals surface area (Å²) in [7, 11) is 0. The van der Waals surface area contributed by atoms with Gasteiger partial charge in [0, 0.05) is 55.1 Å². The van der Waals surface area contributed by atoms with Crippen LogP contribution in [0.4, 0.5) is 29.5 Å². The molecule has 1 fully saturated rings. The molecule has 1 aromatic heterocycles. The predicted octanol–water partition coefficient (Wildman–Crippen LogP) is 7.03. The summed E-state index contributed by atoms with van der Waals surface area (Å²) in [6, 6.07) is 20.7. The van der Waals surface area contributed by atoms with Crippen LogP contribution in [0.15, 0.2) is 72.8 Å². The second-order valence-electron chi connectivity index (χ2n) is 10.3. The fraction of sp³-hybridized carbons (Fsp3) is 0.281. The number of aryl methyl sites for hydroxylation is 2. The highest BCUT2D eigenvalue weighted by Crippen LogP contribution is 2.33. The molecule has 0 unspecified atom stereocenters. The van der Waals surface area contributed by atoms with Crippen LogP contribution in [0.3, 0.4) is 0 Å². The van der Waals surface area contributed by atoms with E-state index in [4.69, 9.17) is 4.98 Å². The van der Waals surface area contributed by atoms with Gasteiger partial charge < -0.3 is 15.1 Å². The van der Waals surface area contributed by atoms with Gasteiger partial charge >= 0.3 is 12.2 Å². The highest BCUT2D eigenvalue weighted by Gasteiger charge is 2.31. The lowest BCUT2D eigenvalue weighted by Crippen LogP contribution is -2.50. The topological polar surface area (TPSA) is 61.4 Å². The van der Waals surface area contributed by atoms with Crippen molar-refractivity contribution < 1.29 is 18.0 Å². The van der Waals surface area contributed by atoms with Gasteiger partial charge in [-0.25, -0.2) is 14.8 Å². The van der Waals surface area contributed by atoms with E-state index in [-0.39, 0.29) is 11.9 Å². The van der Waals surface area contributed by atoms with E-state index >= 15 is 0 Å². The lowest BCUT2D eigenvalue weighted by molar-refractivity contribution is -0.137. The second-order valence-corrected chi connectivity index (χ2v) is 10.3. The summed E-state index contributed by atoms with van der Waals surface area (Å²) in [5.41, 5.74) is 5.20. The summed E-state index contributed by atoms with van der Waals surface area (Å²) in [5.74, 6) is 0.929. The molecule has 0 saturated carbocycles. The Kier molecular flexibility index (Phi) is 7.97.